The first-order valence-electron chi connectivity index (χ1n) is 8.05. The maximum absolute atomic E-state index is 8.49. The van der Waals surface area contributed by atoms with Gasteiger partial charge in [0.2, 0.25) is 0 Å². The average Bonchev–Trinajstić information content (AvgIpc) is 2.42. The molecule has 8 N–H and O–H groups in total. The first kappa shape index (κ1) is 34.1. The molecule has 1 aliphatic heterocycles. The Hall–Kier alpha value is 0.514. The molecular weight excluding hydrogens is 486 g/mol. The molecule has 0 spiro atoms. The summed E-state index contributed by atoms with van der Waals surface area (Å²) in [5.41, 5.74) is 12.0. The number of hydrogen-bond acceptors (Lipinski definition) is 14. The minimum Gasteiger partial charge on any atom is -0.323 e. The fourth-order valence-electron chi connectivity index (χ4n) is 1.97. The van der Waals surface area contributed by atoms with Crippen LogP contribution in [0.2, 0.25) is 0 Å². The van der Waals surface area contributed by atoms with E-state index in [-0.39, 0.29) is 27.6 Å². The monoisotopic (exact) mass is 514 g/mol. The van der Waals surface area contributed by atoms with Crippen LogP contribution in [0.3, 0.4) is 0 Å². The molecule has 0 aromatic carbocycles. The van der Waals surface area contributed by atoms with E-state index in [1.165, 1.54) is 0 Å². The minimum absolute atomic E-state index is 0. The predicted octanol–water partition coefficient (Wildman–Crippen LogP) is -11.7. The summed E-state index contributed by atoms with van der Waals surface area (Å²) in [6, 6.07) is 0. The van der Waals surface area contributed by atoms with Crippen molar-refractivity contribution in [3.05, 3.63) is 0 Å². The molecule has 0 aromatic rings. The van der Waals surface area contributed by atoms with Crippen LogP contribution in [0, 0.1) is 20.5 Å². The van der Waals surface area contributed by atoms with Crippen LogP contribution in [0.1, 0.15) is 13.8 Å². The van der Waals surface area contributed by atoms with Crippen LogP contribution < -0.4 is 70.0 Å². The second kappa shape index (κ2) is 16.2. The van der Waals surface area contributed by atoms with Crippen molar-refractivity contribution in [2.45, 2.75) is 24.9 Å². The Morgan fingerprint density at radius 2 is 0.690 bits per heavy atom. The molecule has 0 amide bonds. The summed E-state index contributed by atoms with van der Waals surface area (Å²) in [5.74, 6) is 0. The number of rotatable bonds is 0. The van der Waals surface area contributed by atoms with Gasteiger partial charge in [0.05, 0.1) is 0 Å². The van der Waals surface area contributed by atoms with E-state index in [4.69, 9.17) is 48.7 Å². The van der Waals surface area contributed by atoms with E-state index in [1.54, 1.807) is 0 Å². The van der Waals surface area contributed by atoms with Gasteiger partial charge in [0, 0.05) is 63.4 Å². The average molecular weight is 516 g/mol. The summed E-state index contributed by atoms with van der Waals surface area (Å²) < 4.78 is 67.9. The van der Waals surface area contributed by atoms with Gasteiger partial charge in [-0.05, 0) is 13.8 Å². The van der Waals surface area contributed by atoms with E-state index in [2.05, 4.69) is 35.1 Å². The molecule has 0 bridgehead atoms. The quantitative estimate of drug-likeness (QED) is 0.163. The van der Waals surface area contributed by atoms with Gasteiger partial charge >= 0.3 is 16.5 Å². The first-order chi connectivity index (χ1) is 12.4. The Morgan fingerprint density at radius 3 is 0.828 bits per heavy atom. The standard InChI is InChI=1S/C12H30N6.2ClHO4.Ni/c1-11(13)7-15-3-5-17-9-12(2,14)10-18-6-4-16-8-11;2*2-1(3,4)5;/h15-18H,3-10,13-14H2,1-2H3;2*(H,2,3,4,5);/q;;;+2/p-2. The van der Waals surface area contributed by atoms with Gasteiger partial charge in [-0.25, -0.2) is 37.3 Å². The van der Waals surface area contributed by atoms with Crippen LogP contribution >= 0.6 is 0 Å². The minimum atomic E-state index is -4.94. The third kappa shape index (κ3) is 39.5. The van der Waals surface area contributed by atoms with Crippen LogP contribution in [-0.4, -0.2) is 63.4 Å². The number of halogens is 2. The van der Waals surface area contributed by atoms with Crippen molar-refractivity contribution in [3.63, 3.8) is 0 Å². The summed E-state index contributed by atoms with van der Waals surface area (Å²) in [6.07, 6.45) is 0. The van der Waals surface area contributed by atoms with E-state index in [1.807, 2.05) is 0 Å². The molecule has 14 nitrogen and oxygen atoms in total. The van der Waals surface area contributed by atoms with E-state index >= 15 is 0 Å². The van der Waals surface area contributed by atoms with Crippen molar-refractivity contribution in [2.75, 3.05) is 52.4 Å². The van der Waals surface area contributed by atoms with Gasteiger partial charge in [-0.3, -0.25) is 0 Å². The number of nitrogens with two attached hydrogens (primary N) is 2. The molecule has 17 heteroatoms. The van der Waals surface area contributed by atoms with Crippen molar-refractivity contribution in [3.8, 4) is 0 Å². The third-order valence-corrected chi connectivity index (χ3v) is 3.07. The van der Waals surface area contributed by atoms with E-state index in [9.17, 15) is 0 Å². The zero-order valence-corrected chi connectivity index (χ0v) is 18.6. The van der Waals surface area contributed by atoms with Gasteiger partial charge < -0.3 is 32.7 Å². The van der Waals surface area contributed by atoms with Crippen LogP contribution in [-0.2, 0) is 16.5 Å². The van der Waals surface area contributed by atoms with Gasteiger partial charge in [-0.2, -0.15) is 0 Å². The molecule has 0 unspecified atom stereocenters. The summed E-state index contributed by atoms with van der Waals surface area (Å²) >= 11 is 0. The molecule has 180 valence electrons. The second-order valence-electron chi connectivity index (χ2n) is 6.77. The molecular formula is C12H30Cl2N6NiO8. The predicted molar refractivity (Wildman–Crippen MR) is 76.7 cm³/mol. The van der Waals surface area contributed by atoms with E-state index in [0.29, 0.717) is 0 Å². The maximum Gasteiger partial charge on any atom is 2.00 e. The summed E-state index contributed by atoms with van der Waals surface area (Å²) in [7, 11) is -9.89. The molecule has 1 rings (SSSR count). The van der Waals surface area contributed by atoms with Gasteiger partial charge in [-0.1, -0.05) is 0 Å². The van der Waals surface area contributed by atoms with Crippen molar-refractivity contribution in [1.82, 2.24) is 21.3 Å². The molecule has 0 aliphatic carbocycles. The second-order valence-corrected chi connectivity index (χ2v) is 8.28. The van der Waals surface area contributed by atoms with Crippen LogP contribution in [0.15, 0.2) is 0 Å². The zero-order chi connectivity index (χ0) is 22.5. The Morgan fingerprint density at radius 1 is 0.552 bits per heavy atom. The van der Waals surface area contributed by atoms with E-state index in [0.717, 1.165) is 52.4 Å². The smallest absolute Gasteiger partial charge is 0.323 e. The molecule has 0 radical (unpaired) electrons. The molecule has 1 heterocycles. The van der Waals surface area contributed by atoms with Crippen molar-refractivity contribution < 1.29 is 74.2 Å². The Balaban J connectivity index is -0.000000512. The Bertz CT molecular complexity index is 334. The summed E-state index contributed by atoms with van der Waals surface area (Å²) in [6.45, 7) is 11.0. The first-order valence-corrected chi connectivity index (χ1v) is 10.5. The van der Waals surface area contributed by atoms with Gasteiger partial charge in [0.1, 0.15) is 0 Å². The zero-order valence-electron chi connectivity index (χ0n) is 16.1. The fourth-order valence-corrected chi connectivity index (χ4v) is 1.97. The third-order valence-electron chi connectivity index (χ3n) is 3.07. The molecule has 1 fully saturated rings. The topological polar surface area (TPSA) is 285 Å². The Labute approximate surface area is 184 Å². The SMILES string of the molecule is CC1(N)CNCCNCC(C)(N)CNCCNC1.[Ni+2].[O-][Cl+3]([O-])([O-])[O-].[O-][Cl+3]([O-])([O-])[O-]. The van der Waals surface area contributed by atoms with Crippen molar-refractivity contribution in [1.29, 1.82) is 0 Å². The largest absolute Gasteiger partial charge is 2.00 e. The van der Waals surface area contributed by atoms with Crippen LogP contribution in [0.25, 0.3) is 0 Å². The maximum atomic E-state index is 8.49. The summed E-state index contributed by atoms with van der Waals surface area (Å²) in [5, 5.41) is 13.5. The molecule has 1 aliphatic rings. The molecule has 0 aromatic heterocycles. The Kier molecular flexibility index (Phi) is 19.1. The summed E-state index contributed by atoms with van der Waals surface area (Å²) in [4.78, 5) is 0. The number of hydrogen-bond donors (Lipinski definition) is 6. The van der Waals surface area contributed by atoms with Gasteiger partial charge in [0.15, 0.2) is 0 Å². The van der Waals surface area contributed by atoms with Crippen LogP contribution in [0.4, 0.5) is 0 Å². The van der Waals surface area contributed by atoms with E-state index < -0.39 is 20.5 Å². The number of nitrogens with one attached hydrogen (secondary N) is 4. The fraction of sp³-hybridized carbons (Fsp3) is 1.00. The molecule has 29 heavy (non-hydrogen) atoms. The van der Waals surface area contributed by atoms with Gasteiger partial charge in [0.25, 0.3) is 0 Å². The molecule has 0 atom stereocenters. The normalized spacial score (nSPS) is 27.7. The molecule has 0 saturated carbocycles. The van der Waals surface area contributed by atoms with Crippen LogP contribution in [0.5, 0.6) is 0 Å². The van der Waals surface area contributed by atoms with Crippen molar-refractivity contribution >= 4 is 0 Å². The molecule has 1 saturated heterocycles. The van der Waals surface area contributed by atoms with Gasteiger partial charge in [-0.15, -0.1) is 20.5 Å². The van der Waals surface area contributed by atoms with Crippen molar-refractivity contribution in [2.24, 2.45) is 11.5 Å².